The summed E-state index contributed by atoms with van der Waals surface area (Å²) >= 11 is 0. The molecule has 1 aliphatic carbocycles. The summed E-state index contributed by atoms with van der Waals surface area (Å²) in [7, 11) is 0. The number of hydrogen-bond acceptors (Lipinski definition) is 2. The van der Waals surface area contributed by atoms with Crippen LogP contribution in [0.25, 0.3) is 0 Å². The van der Waals surface area contributed by atoms with Crippen molar-refractivity contribution in [3.05, 3.63) is 35.4 Å². The zero-order valence-corrected chi connectivity index (χ0v) is 14.7. The van der Waals surface area contributed by atoms with Gasteiger partial charge in [-0.2, -0.15) is 0 Å². The van der Waals surface area contributed by atoms with Crippen LogP contribution in [0.5, 0.6) is 0 Å². The molecule has 1 amide bonds. The van der Waals surface area contributed by atoms with Gasteiger partial charge in [-0.25, -0.2) is 0 Å². The molecule has 3 nitrogen and oxygen atoms in total. The molecule has 0 heterocycles. The smallest absolute Gasteiger partial charge is 0.223 e. The maximum absolute atomic E-state index is 12.5. The normalized spacial score (nSPS) is 21.8. The van der Waals surface area contributed by atoms with Crippen molar-refractivity contribution < 1.29 is 4.79 Å². The molecule has 0 aromatic heterocycles. The molecule has 0 bridgehead atoms. The monoisotopic (exact) mass is 324 g/mol. The Morgan fingerprint density at radius 3 is 2.64 bits per heavy atom. The first-order valence-corrected chi connectivity index (χ1v) is 7.99. The van der Waals surface area contributed by atoms with E-state index in [4.69, 9.17) is 5.73 Å². The fourth-order valence-corrected chi connectivity index (χ4v) is 3.23. The zero-order chi connectivity index (χ0) is 15.5. The second-order valence-electron chi connectivity index (χ2n) is 7.10. The first kappa shape index (κ1) is 19.0. The number of halogens is 1. The molecule has 124 valence electrons. The van der Waals surface area contributed by atoms with Gasteiger partial charge in [0.2, 0.25) is 5.91 Å². The van der Waals surface area contributed by atoms with Crippen molar-refractivity contribution in [2.45, 2.75) is 64.5 Å². The van der Waals surface area contributed by atoms with Gasteiger partial charge in [-0.05, 0) is 57.6 Å². The highest BCUT2D eigenvalue weighted by molar-refractivity contribution is 5.85. The van der Waals surface area contributed by atoms with Crippen molar-refractivity contribution in [2.75, 3.05) is 0 Å². The minimum atomic E-state index is -0.231. The predicted molar refractivity (Wildman–Crippen MR) is 94.3 cm³/mol. The number of benzene rings is 1. The third kappa shape index (κ3) is 5.29. The third-order valence-corrected chi connectivity index (χ3v) is 4.44. The standard InChI is InChI=1S/C18H28N2O.ClH/c1-13-7-4-5-8-15(13)12-18(2,3)20-17(21)14-9-6-10-16(19)11-14;/h4-5,7-8,14,16H,6,9-12,19H2,1-3H3,(H,20,21);1H. The van der Waals surface area contributed by atoms with Crippen LogP contribution in [0.3, 0.4) is 0 Å². The van der Waals surface area contributed by atoms with E-state index in [1.54, 1.807) is 0 Å². The molecule has 0 radical (unpaired) electrons. The second kappa shape index (κ2) is 7.98. The van der Waals surface area contributed by atoms with Crippen LogP contribution in [-0.2, 0) is 11.2 Å². The molecule has 2 rings (SSSR count). The molecule has 1 saturated carbocycles. The molecule has 1 fully saturated rings. The molecule has 0 aliphatic heterocycles. The number of aryl methyl sites for hydroxylation is 1. The molecule has 1 aliphatic rings. The van der Waals surface area contributed by atoms with Crippen molar-refractivity contribution in [3.63, 3.8) is 0 Å². The maximum atomic E-state index is 12.5. The highest BCUT2D eigenvalue weighted by Crippen LogP contribution is 2.24. The summed E-state index contributed by atoms with van der Waals surface area (Å²) in [5.41, 5.74) is 8.33. The van der Waals surface area contributed by atoms with Crippen LogP contribution >= 0.6 is 12.4 Å². The van der Waals surface area contributed by atoms with Gasteiger partial charge in [0.1, 0.15) is 0 Å². The van der Waals surface area contributed by atoms with Crippen LogP contribution in [0.4, 0.5) is 0 Å². The van der Waals surface area contributed by atoms with Crippen LogP contribution in [0, 0.1) is 12.8 Å². The van der Waals surface area contributed by atoms with Gasteiger partial charge in [-0.1, -0.05) is 30.7 Å². The van der Waals surface area contributed by atoms with E-state index >= 15 is 0 Å². The van der Waals surface area contributed by atoms with Gasteiger partial charge >= 0.3 is 0 Å². The Kier molecular flexibility index (Phi) is 6.89. The number of nitrogens with one attached hydrogen (secondary N) is 1. The Morgan fingerprint density at radius 2 is 2.00 bits per heavy atom. The van der Waals surface area contributed by atoms with Crippen molar-refractivity contribution >= 4 is 18.3 Å². The van der Waals surface area contributed by atoms with Crippen LogP contribution in [0.1, 0.15) is 50.7 Å². The molecule has 2 unspecified atom stereocenters. The highest BCUT2D eigenvalue weighted by atomic mass is 35.5. The third-order valence-electron chi connectivity index (χ3n) is 4.44. The van der Waals surface area contributed by atoms with Crippen LogP contribution in [0.15, 0.2) is 24.3 Å². The Hall–Kier alpha value is -1.06. The average molecular weight is 325 g/mol. The lowest BCUT2D eigenvalue weighted by Gasteiger charge is -2.32. The molecule has 3 N–H and O–H groups in total. The maximum Gasteiger partial charge on any atom is 0.223 e. The first-order chi connectivity index (χ1) is 9.87. The summed E-state index contributed by atoms with van der Waals surface area (Å²) in [6.45, 7) is 6.31. The zero-order valence-electron chi connectivity index (χ0n) is 13.9. The number of amides is 1. The molecule has 1 aromatic carbocycles. The minimum absolute atomic E-state index is 0. The Balaban J connectivity index is 0.00000242. The van der Waals surface area contributed by atoms with Crippen LogP contribution < -0.4 is 11.1 Å². The van der Waals surface area contributed by atoms with E-state index in [2.05, 4.69) is 44.3 Å². The van der Waals surface area contributed by atoms with E-state index in [1.165, 1.54) is 11.1 Å². The summed E-state index contributed by atoms with van der Waals surface area (Å²) in [6, 6.07) is 8.55. The molecule has 2 atom stereocenters. The number of carbonyl (C=O) groups excluding carboxylic acids is 1. The lowest BCUT2D eigenvalue weighted by Crippen LogP contribution is -2.49. The van der Waals surface area contributed by atoms with Gasteiger partial charge in [0, 0.05) is 17.5 Å². The lowest BCUT2D eigenvalue weighted by molar-refractivity contribution is -0.127. The lowest BCUT2D eigenvalue weighted by atomic mass is 9.84. The van der Waals surface area contributed by atoms with Crippen LogP contribution in [-0.4, -0.2) is 17.5 Å². The minimum Gasteiger partial charge on any atom is -0.351 e. The van der Waals surface area contributed by atoms with Gasteiger partial charge in [0.15, 0.2) is 0 Å². The van der Waals surface area contributed by atoms with E-state index in [9.17, 15) is 4.79 Å². The number of carbonyl (C=O) groups is 1. The van der Waals surface area contributed by atoms with E-state index in [1.807, 2.05) is 6.07 Å². The summed E-state index contributed by atoms with van der Waals surface area (Å²) in [6.07, 6.45) is 4.77. The Bertz CT molecular complexity index is 502. The van der Waals surface area contributed by atoms with Crippen molar-refractivity contribution in [2.24, 2.45) is 11.7 Å². The van der Waals surface area contributed by atoms with E-state index in [-0.39, 0.29) is 35.8 Å². The van der Waals surface area contributed by atoms with E-state index < -0.39 is 0 Å². The van der Waals surface area contributed by atoms with Crippen LogP contribution in [0.2, 0.25) is 0 Å². The molecule has 4 heteroatoms. The molecular formula is C18H29ClN2O. The van der Waals surface area contributed by atoms with Gasteiger partial charge in [0.25, 0.3) is 0 Å². The molecule has 0 spiro atoms. The van der Waals surface area contributed by atoms with Gasteiger partial charge in [0.05, 0.1) is 0 Å². The summed E-state index contributed by atoms with van der Waals surface area (Å²) in [5, 5.41) is 3.23. The molecule has 22 heavy (non-hydrogen) atoms. The fourth-order valence-electron chi connectivity index (χ4n) is 3.23. The van der Waals surface area contributed by atoms with Gasteiger partial charge < -0.3 is 11.1 Å². The van der Waals surface area contributed by atoms with E-state index in [0.29, 0.717) is 0 Å². The fraction of sp³-hybridized carbons (Fsp3) is 0.611. The van der Waals surface area contributed by atoms with Crippen molar-refractivity contribution in [3.8, 4) is 0 Å². The topological polar surface area (TPSA) is 55.1 Å². The number of hydrogen-bond donors (Lipinski definition) is 2. The summed E-state index contributed by atoms with van der Waals surface area (Å²) in [4.78, 5) is 12.5. The summed E-state index contributed by atoms with van der Waals surface area (Å²) < 4.78 is 0. The molecule has 0 saturated heterocycles. The quantitative estimate of drug-likeness (QED) is 0.892. The number of nitrogens with two attached hydrogens (primary N) is 1. The summed E-state index contributed by atoms with van der Waals surface area (Å²) in [5.74, 6) is 0.258. The van der Waals surface area contributed by atoms with Crippen molar-refractivity contribution in [1.82, 2.24) is 5.32 Å². The second-order valence-corrected chi connectivity index (χ2v) is 7.10. The largest absolute Gasteiger partial charge is 0.351 e. The Morgan fingerprint density at radius 1 is 1.32 bits per heavy atom. The number of rotatable bonds is 4. The first-order valence-electron chi connectivity index (χ1n) is 7.99. The van der Waals surface area contributed by atoms with Crippen molar-refractivity contribution in [1.29, 1.82) is 0 Å². The highest BCUT2D eigenvalue weighted by Gasteiger charge is 2.29. The molecule has 1 aromatic rings. The predicted octanol–water partition coefficient (Wildman–Crippen LogP) is 3.37. The SMILES string of the molecule is Cc1ccccc1CC(C)(C)NC(=O)C1CCCC(N)C1.Cl. The van der Waals surface area contributed by atoms with E-state index in [0.717, 1.165) is 32.1 Å². The Labute approximate surface area is 140 Å². The average Bonchev–Trinajstić information content (AvgIpc) is 2.40. The van der Waals surface area contributed by atoms with Gasteiger partial charge in [-0.15, -0.1) is 12.4 Å². The van der Waals surface area contributed by atoms with Gasteiger partial charge in [-0.3, -0.25) is 4.79 Å². The molecular weight excluding hydrogens is 296 g/mol.